The fourth-order valence-electron chi connectivity index (χ4n) is 3.45. The quantitative estimate of drug-likeness (QED) is 0.632. The first-order valence-electron chi connectivity index (χ1n) is 10.5. The lowest BCUT2D eigenvalue weighted by Crippen LogP contribution is -2.51. The third kappa shape index (κ3) is 5.13. The van der Waals surface area contributed by atoms with Crippen LogP contribution in [0.5, 0.6) is 11.5 Å². The number of fused-ring (bicyclic) bond motifs is 9. The Bertz CT molecular complexity index is 1210. The van der Waals surface area contributed by atoms with E-state index in [1.165, 1.54) is 0 Å². The molecule has 2 aliphatic heterocycles. The Labute approximate surface area is 199 Å². The van der Waals surface area contributed by atoms with Crippen LogP contribution in [0.15, 0.2) is 42.5 Å². The van der Waals surface area contributed by atoms with Crippen LogP contribution in [0.4, 0.5) is 8.78 Å². The number of hydrogen-bond acceptors (Lipinski definition) is 5. The molecule has 2 N–H and O–H groups in total. The first-order chi connectivity index (χ1) is 16.3. The van der Waals surface area contributed by atoms with Gasteiger partial charge in [0.25, 0.3) is 5.91 Å². The summed E-state index contributed by atoms with van der Waals surface area (Å²) in [7, 11) is 0. The monoisotopic (exact) mass is 487 g/mol. The number of nitrogens with one attached hydrogen (secondary N) is 2. The van der Waals surface area contributed by atoms with E-state index in [1.54, 1.807) is 30.4 Å². The summed E-state index contributed by atoms with van der Waals surface area (Å²) in [6.45, 7) is 0.130. The average molecular weight is 488 g/mol. The van der Waals surface area contributed by atoms with E-state index < -0.39 is 40.6 Å². The van der Waals surface area contributed by atoms with Crippen molar-refractivity contribution in [3.63, 3.8) is 0 Å². The van der Waals surface area contributed by atoms with E-state index in [9.17, 15) is 23.6 Å². The second-order valence-corrected chi connectivity index (χ2v) is 8.41. The van der Waals surface area contributed by atoms with E-state index in [2.05, 4.69) is 10.6 Å². The Morgan fingerprint density at radius 3 is 2.47 bits per heavy atom. The maximum atomic E-state index is 14.6. The zero-order valence-corrected chi connectivity index (χ0v) is 18.6. The molecule has 1 atom stereocenters. The van der Waals surface area contributed by atoms with Crippen LogP contribution in [-0.4, -0.2) is 36.6 Å². The van der Waals surface area contributed by atoms with E-state index in [-0.39, 0.29) is 25.4 Å². The van der Waals surface area contributed by atoms with Gasteiger partial charge < -0.3 is 20.1 Å². The van der Waals surface area contributed by atoms with Gasteiger partial charge in [-0.05, 0) is 54.8 Å². The van der Waals surface area contributed by atoms with Crippen LogP contribution in [0, 0.1) is 23.0 Å². The Balaban J connectivity index is 1.71. The Morgan fingerprint density at radius 2 is 1.82 bits per heavy atom. The van der Waals surface area contributed by atoms with Gasteiger partial charge in [-0.2, -0.15) is 5.26 Å². The fraction of sp³-hybridized carbons (Fsp3) is 0.292. The van der Waals surface area contributed by atoms with Gasteiger partial charge in [-0.15, -0.1) is 0 Å². The summed E-state index contributed by atoms with van der Waals surface area (Å²) < 4.78 is 39.7. The van der Waals surface area contributed by atoms with Crippen LogP contribution in [-0.2, 0) is 11.2 Å². The third-order valence-electron chi connectivity index (χ3n) is 5.50. The first kappa shape index (κ1) is 23.5. The lowest BCUT2D eigenvalue weighted by atomic mass is 10.0. The van der Waals surface area contributed by atoms with Crippen molar-refractivity contribution in [2.45, 2.75) is 30.8 Å². The minimum atomic E-state index is -1.40. The van der Waals surface area contributed by atoms with Crippen molar-refractivity contribution in [3.8, 4) is 17.6 Å². The topological polar surface area (TPSA) is 100 Å². The molecule has 2 bridgehead atoms. The molecule has 34 heavy (non-hydrogen) atoms. The second kappa shape index (κ2) is 9.69. The van der Waals surface area contributed by atoms with Gasteiger partial charge in [0.1, 0.15) is 41.9 Å². The standard InChI is InChI=1S/C24H20ClF2N3O4/c25-15-11-14-3-5-18(15)33-9-1-2-10-34-19-6-4-16(26)21(27)20(19)23(32)29-17(12-14)22(31)30-24(13-28)7-8-24/h1-6,11,17H,7-10,12H2,(H,29,32)(H,30,31). The SMILES string of the molecule is N#CC1(NC(=O)C2Cc3ccc(c(Cl)c3)OCC=CCOc3ccc(F)c(F)c3C(=O)N2)CC1. The van der Waals surface area contributed by atoms with Gasteiger partial charge in [-0.1, -0.05) is 17.7 Å². The lowest BCUT2D eigenvalue weighted by Gasteiger charge is -2.22. The number of rotatable bonds is 2. The van der Waals surface area contributed by atoms with Gasteiger partial charge >= 0.3 is 0 Å². The van der Waals surface area contributed by atoms with Crippen LogP contribution in [0.2, 0.25) is 5.02 Å². The fourth-order valence-corrected chi connectivity index (χ4v) is 3.71. The maximum Gasteiger partial charge on any atom is 0.258 e. The summed E-state index contributed by atoms with van der Waals surface area (Å²) >= 11 is 6.30. The number of nitrogens with zero attached hydrogens (tertiary/aromatic N) is 1. The summed E-state index contributed by atoms with van der Waals surface area (Å²) in [6, 6.07) is 7.74. The number of carbonyl (C=O) groups excluding carboxylic acids is 2. The van der Waals surface area contributed by atoms with Crippen LogP contribution in [0.1, 0.15) is 28.8 Å². The zero-order chi connectivity index (χ0) is 24.3. The molecule has 0 spiro atoms. The highest BCUT2D eigenvalue weighted by Gasteiger charge is 2.45. The molecule has 0 aromatic heterocycles. The Morgan fingerprint density at radius 1 is 1.15 bits per heavy atom. The van der Waals surface area contributed by atoms with Crippen molar-refractivity contribution in [1.82, 2.24) is 10.6 Å². The van der Waals surface area contributed by atoms with E-state index in [4.69, 9.17) is 21.1 Å². The second-order valence-electron chi connectivity index (χ2n) is 8.01. The summed E-state index contributed by atoms with van der Waals surface area (Å²) in [4.78, 5) is 26.1. The molecule has 1 saturated carbocycles. The number of nitriles is 1. The largest absolute Gasteiger partial charge is 0.489 e. The molecule has 176 valence electrons. The van der Waals surface area contributed by atoms with Gasteiger partial charge in [-0.25, -0.2) is 8.78 Å². The molecular formula is C24H20ClF2N3O4. The normalized spacial score (nSPS) is 19.1. The summed E-state index contributed by atoms with van der Waals surface area (Å²) in [5, 5.41) is 14.7. The Hall–Kier alpha value is -3.64. The maximum absolute atomic E-state index is 14.6. The molecule has 7 nitrogen and oxygen atoms in total. The number of benzene rings is 2. The van der Waals surface area contributed by atoms with E-state index in [0.29, 0.717) is 29.2 Å². The van der Waals surface area contributed by atoms with Crippen LogP contribution in [0.25, 0.3) is 0 Å². The van der Waals surface area contributed by atoms with Gasteiger partial charge in [0, 0.05) is 6.42 Å². The molecule has 10 heteroatoms. The molecule has 0 radical (unpaired) electrons. The van der Waals surface area contributed by atoms with Crippen molar-refractivity contribution >= 4 is 23.4 Å². The highest BCUT2D eigenvalue weighted by Crippen LogP contribution is 2.34. The molecule has 1 unspecified atom stereocenters. The molecule has 2 amide bonds. The van der Waals surface area contributed by atoms with Crippen molar-refractivity contribution < 1.29 is 27.8 Å². The van der Waals surface area contributed by atoms with Gasteiger partial charge in [0.05, 0.1) is 11.1 Å². The smallest absolute Gasteiger partial charge is 0.258 e. The third-order valence-corrected chi connectivity index (χ3v) is 5.80. The predicted octanol–water partition coefficient (Wildman–Crippen LogP) is 3.46. The van der Waals surface area contributed by atoms with Crippen molar-refractivity contribution in [2.24, 2.45) is 0 Å². The highest BCUT2D eigenvalue weighted by atomic mass is 35.5. The molecular weight excluding hydrogens is 468 g/mol. The van der Waals surface area contributed by atoms with E-state index in [0.717, 1.165) is 12.1 Å². The molecule has 2 aromatic rings. The van der Waals surface area contributed by atoms with E-state index in [1.807, 2.05) is 6.07 Å². The van der Waals surface area contributed by atoms with Crippen molar-refractivity contribution in [2.75, 3.05) is 13.2 Å². The van der Waals surface area contributed by atoms with Crippen molar-refractivity contribution in [1.29, 1.82) is 5.26 Å². The van der Waals surface area contributed by atoms with Gasteiger partial charge in [0.15, 0.2) is 11.6 Å². The lowest BCUT2D eigenvalue weighted by molar-refractivity contribution is -0.123. The summed E-state index contributed by atoms with van der Waals surface area (Å²) in [5.74, 6) is -4.05. The number of carbonyl (C=O) groups is 2. The van der Waals surface area contributed by atoms with Gasteiger partial charge in [0.2, 0.25) is 5.91 Å². The minimum Gasteiger partial charge on any atom is -0.489 e. The number of hydrogen-bond donors (Lipinski definition) is 2. The molecule has 3 aliphatic rings. The molecule has 2 heterocycles. The summed E-state index contributed by atoms with van der Waals surface area (Å²) in [6.07, 6.45) is 4.19. The average Bonchev–Trinajstić information content (AvgIpc) is 3.58. The zero-order valence-electron chi connectivity index (χ0n) is 17.9. The molecule has 1 aliphatic carbocycles. The van der Waals surface area contributed by atoms with Gasteiger partial charge in [-0.3, -0.25) is 9.59 Å². The number of halogens is 3. The van der Waals surface area contributed by atoms with Crippen LogP contribution < -0.4 is 20.1 Å². The van der Waals surface area contributed by atoms with Crippen LogP contribution in [0.3, 0.4) is 0 Å². The number of ether oxygens (including phenoxy) is 2. The predicted molar refractivity (Wildman–Crippen MR) is 119 cm³/mol. The Kier molecular flexibility index (Phi) is 6.70. The molecule has 0 saturated heterocycles. The van der Waals surface area contributed by atoms with E-state index >= 15 is 0 Å². The number of amides is 2. The molecule has 5 rings (SSSR count). The highest BCUT2D eigenvalue weighted by molar-refractivity contribution is 6.32. The molecule has 2 aromatic carbocycles. The van der Waals surface area contributed by atoms with Crippen LogP contribution >= 0.6 is 11.6 Å². The van der Waals surface area contributed by atoms with Crippen molar-refractivity contribution in [3.05, 3.63) is 70.3 Å². The minimum absolute atomic E-state index is 0.0217. The molecule has 1 fully saturated rings. The first-order valence-corrected chi connectivity index (χ1v) is 10.9. The summed E-state index contributed by atoms with van der Waals surface area (Å²) in [5.41, 5.74) is -1.07.